The highest BCUT2D eigenvalue weighted by Gasteiger charge is 2.17. The Kier molecular flexibility index (Phi) is 7.10. The second-order valence-electron chi connectivity index (χ2n) is 13.1. The Morgan fingerprint density at radius 2 is 0.731 bits per heavy atom. The number of hydrogen-bond acceptors (Lipinski definition) is 4. The smallest absolute Gasteiger partial charge is 0.160 e. The van der Waals surface area contributed by atoms with Crippen molar-refractivity contribution in [2.24, 2.45) is 0 Å². The molecule has 4 heteroatoms. The summed E-state index contributed by atoms with van der Waals surface area (Å²) in [5.74, 6) is 0.668. The Morgan fingerprint density at radius 3 is 1.27 bits per heavy atom. The fourth-order valence-electron chi connectivity index (χ4n) is 7.42. The third-order valence-electron chi connectivity index (χ3n) is 9.97. The van der Waals surface area contributed by atoms with Crippen LogP contribution in [-0.2, 0) is 0 Å². The molecule has 0 amide bonds. The van der Waals surface area contributed by atoms with Crippen LogP contribution in [0.3, 0.4) is 0 Å². The normalized spacial score (nSPS) is 11.5. The van der Waals surface area contributed by atoms with Crippen LogP contribution in [0.25, 0.3) is 99.5 Å². The van der Waals surface area contributed by atoms with Gasteiger partial charge in [0, 0.05) is 51.0 Å². The fraction of sp³-hybridized carbons (Fsp3) is 0. The van der Waals surface area contributed by atoms with Gasteiger partial charge in [0.2, 0.25) is 0 Å². The Balaban J connectivity index is 1.14. The third kappa shape index (κ3) is 5.17. The molecule has 0 aliphatic rings. The maximum absolute atomic E-state index is 5.31. The van der Waals surface area contributed by atoms with Gasteiger partial charge in [0.1, 0.15) is 0 Å². The molecule has 3 aromatic heterocycles. The van der Waals surface area contributed by atoms with E-state index in [2.05, 4.69) is 170 Å². The van der Waals surface area contributed by atoms with Crippen molar-refractivity contribution in [3.63, 3.8) is 0 Å². The van der Waals surface area contributed by atoms with E-state index in [0.29, 0.717) is 5.82 Å². The van der Waals surface area contributed by atoms with Gasteiger partial charge in [-0.1, -0.05) is 146 Å². The summed E-state index contributed by atoms with van der Waals surface area (Å²) in [7, 11) is 0. The number of hydrogen-bond donors (Lipinski definition) is 0. The lowest BCUT2D eigenvalue weighted by molar-refractivity contribution is 1.19. The Labute approximate surface area is 300 Å². The van der Waals surface area contributed by atoms with Crippen molar-refractivity contribution in [1.82, 2.24) is 19.9 Å². The summed E-state index contributed by atoms with van der Waals surface area (Å²) in [6.45, 7) is 0. The van der Waals surface area contributed by atoms with Crippen molar-refractivity contribution in [3.05, 3.63) is 182 Å². The van der Waals surface area contributed by atoms with Crippen LogP contribution in [0.5, 0.6) is 0 Å². The zero-order valence-electron chi connectivity index (χ0n) is 28.1. The Morgan fingerprint density at radius 1 is 0.308 bits per heavy atom. The van der Waals surface area contributed by atoms with Crippen molar-refractivity contribution in [2.45, 2.75) is 0 Å². The highest BCUT2D eigenvalue weighted by molar-refractivity contribution is 6.12. The van der Waals surface area contributed by atoms with Crippen molar-refractivity contribution in [2.75, 3.05) is 0 Å². The lowest BCUT2D eigenvalue weighted by atomic mass is 9.94. The number of benzene rings is 7. The topological polar surface area (TPSA) is 51.6 Å². The lowest BCUT2D eigenvalue weighted by Crippen LogP contribution is -1.97. The standard InChI is InChI=1S/C48H30N4/c1-7-15-41-31(9-1)25-27-49-46(41)34-19-17-33(18-20-34)43-30-44(45-39-13-5-3-11-37(39)29-38-12-4-6-14-40(38)45)52-48(51-43)36-23-21-35(22-24-36)47-42-16-8-2-10-32(42)26-28-50-47/h1-30H. The van der Waals surface area contributed by atoms with Gasteiger partial charge in [-0.15, -0.1) is 0 Å². The molecule has 0 saturated carbocycles. The molecule has 0 aliphatic heterocycles. The first-order chi connectivity index (χ1) is 25.8. The Bertz CT molecular complexity index is 2740. The van der Waals surface area contributed by atoms with E-state index in [9.17, 15) is 0 Å². The highest BCUT2D eigenvalue weighted by atomic mass is 14.9. The largest absolute Gasteiger partial charge is 0.256 e. The van der Waals surface area contributed by atoms with Crippen LogP contribution in [0.2, 0.25) is 0 Å². The number of fused-ring (bicyclic) bond motifs is 4. The first-order valence-electron chi connectivity index (χ1n) is 17.5. The molecule has 0 unspecified atom stereocenters. The van der Waals surface area contributed by atoms with Gasteiger partial charge in [-0.2, -0.15) is 0 Å². The Hall–Kier alpha value is -7.04. The quantitative estimate of drug-likeness (QED) is 0.172. The molecule has 242 valence electrons. The van der Waals surface area contributed by atoms with Crippen molar-refractivity contribution in [1.29, 1.82) is 0 Å². The molecule has 7 aromatic carbocycles. The number of rotatable bonds is 5. The number of pyridine rings is 2. The summed E-state index contributed by atoms with van der Waals surface area (Å²) in [5, 5.41) is 9.28. The van der Waals surface area contributed by atoms with Gasteiger partial charge in [0.05, 0.1) is 22.8 Å². The minimum Gasteiger partial charge on any atom is -0.256 e. The van der Waals surface area contributed by atoms with Crippen molar-refractivity contribution >= 4 is 43.1 Å². The van der Waals surface area contributed by atoms with Gasteiger partial charge < -0.3 is 0 Å². The first-order valence-corrected chi connectivity index (χ1v) is 17.5. The van der Waals surface area contributed by atoms with E-state index >= 15 is 0 Å². The summed E-state index contributed by atoms with van der Waals surface area (Å²) in [6, 6.07) is 59.4. The highest BCUT2D eigenvalue weighted by Crippen LogP contribution is 2.38. The second kappa shape index (κ2) is 12.4. The average Bonchev–Trinajstić information content (AvgIpc) is 3.22. The minimum absolute atomic E-state index is 0.668. The van der Waals surface area contributed by atoms with Crippen molar-refractivity contribution in [3.8, 4) is 56.4 Å². The van der Waals surface area contributed by atoms with Gasteiger partial charge in [0.25, 0.3) is 0 Å². The number of nitrogens with zero attached hydrogens (tertiary/aromatic N) is 4. The molecule has 0 N–H and O–H groups in total. The maximum atomic E-state index is 5.31. The minimum atomic E-state index is 0.668. The molecular formula is C48H30N4. The summed E-state index contributed by atoms with van der Waals surface area (Å²) in [6.07, 6.45) is 3.76. The van der Waals surface area contributed by atoms with Gasteiger partial charge in [-0.25, -0.2) is 9.97 Å². The average molecular weight is 663 g/mol. The molecule has 4 nitrogen and oxygen atoms in total. The van der Waals surface area contributed by atoms with E-state index < -0.39 is 0 Å². The molecule has 3 heterocycles. The summed E-state index contributed by atoms with van der Waals surface area (Å²) in [4.78, 5) is 20.1. The van der Waals surface area contributed by atoms with Gasteiger partial charge in [-0.05, 0) is 56.6 Å². The fourth-order valence-corrected chi connectivity index (χ4v) is 7.42. The van der Waals surface area contributed by atoms with Gasteiger partial charge in [-0.3, -0.25) is 9.97 Å². The summed E-state index contributed by atoms with van der Waals surface area (Å²) in [5.41, 5.74) is 8.83. The summed E-state index contributed by atoms with van der Waals surface area (Å²) < 4.78 is 0. The molecule has 0 saturated heterocycles. The van der Waals surface area contributed by atoms with Crippen molar-refractivity contribution < 1.29 is 0 Å². The molecule has 0 fully saturated rings. The molecular weight excluding hydrogens is 633 g/mol. The van der Waals surface area contributed by atoms with Crippen LogP contribution in [-0.4, -0.2) is 19.9 Å². The van der Waals surface area contributed by atoms with Crippen LogP contribution in [0, 0.1) is 0 Å². The van der Waals surface area contributed by atoms with Gasteiger partial charge in [0.15, 0.2) is 5.82 Å². The van der Waals surface area contributed by atoms with E-state index in [1.54, 1.807) is 0 Å². The lowest BCUT2D eigenvalue weighted by Gasteiger charge is -2.14. The van der Waals surface area contributed by atoms with E-state index in [1.807, 2.05) is 12.4 Å². The predicted molar refractivity (Wildman–Crippen MR) is 215 cm³/mol. The molecule has 0 spiro atoms. The van der Waals surface area contributed by atoms with E-state index in [0.717, 1.165) is 72.1 Å². The molecule has 0 aliphatic carbocycles. The monoisotopic (exact) mass is 662 g/mol. The van der Waals surface area contributed by atoms with Crippen LogP contribution < -0.4 is 0 Å². The van der Waals surface area contributed by atoms with Gasteiger partial charge >= 0.3 is 0 Å². The van der Waals surface area contributed by atoms with Crippen LogP contribution in [0.1, 0.15) is 0 Å². The molecule has 0 bridgehead atoms. The molecule has 10 aromatic rings. The third-order valence-corrected chi connectivity index (χ3v) is 9.97. The molecule has 10 rings (SSSR count). The molecule has 0 radical (unpaired) electrons. The molecule has 0 atom stereocenters. The maximum Gasteiger partial charge on any atom is 0.160 e. The van der Waals surface area contributed by atoms with Crippen LogP contribution in [0.4, 0.5) is 0 Å². The zero-order valence-corrected chi connectivity index (χ0v) is 28.1. The van der Waals surface area contributed by atoms with Crippen LogP contribution in [0.15, 0.2) is 182 Å². The number of aromatic nitrogens is 4. The van der Waals surface area contributed by atoms with E-state index in [4.69, 9.17) is 19.9 Å². The zero-order chi connectivity index (χ0) is 34.4. The predicted octanol–water partition coefficient (Wildman–Crippen LogP) is 12.2. The first kappa shape index (κ1) is 29.8. The van der Waals surface area contributed by atoms with E-state index in [1.165, 1.54) is 21.5 Å². The van der Waals surface area contributed by atoms with E-state index in [-0.39, 0.29) is 0 Å². The second-order valence-corrected chi connectivity index (χ2v) is 13.1. The summed E-state index contributed by atoms with van der Waals surface area (Å²) >= 11 is 0. The SMILES string of the molecule is c1ccc2c(-c3ccc(-c4cc(-c5c6ccccc6cc6ccccc56)nc(-c5ccc(-c6nccc7ccccc67)cc5)n4)cc3)nccc2c1. The molecule has 52 heavy (non-hydrogen) atoms. The van der Waals surface area contributed by atoms with Crippen LogP contribution >= 0.6 is 0 Å².